The molecule has 0 heterocycles. The molecule has 1 N–H and O–H groups in total. The second-order valence-corrected chi connectivity index (χ2v) is 5.80. The Labute approximate surface area is 130 Å². The first-order chi connectivity index (χ1) is 9.95. The zero-order valence-electron chi connectivity index (χ0n) is 12.5. The van der Waals surface area contributed by atoms with Crippen molar-refractivity contribution >= 4 is 23.2 Å². The zero-order chi connectivity index (χ0) is 15.4. The minimum atomic E-state index is -0.152. The van der Waals surface area contributed by atoms with Crippen LogP contribution in [0.1, 0.15) is 21.5 Å². The SMILES string of the molecule is Cc1ccc(NC(=O)c2cccc(Cl)c2)c(CN(C)C)c1. The van der Waals surface area contributed by atoms with Gasteiger partial charge in [0.25, 0.3) is 5.91 Å². The lowest BCUT2D eigenvalue weighted by Gasteiger charge is -2.16. The van der Waals surface area contributed by atoms with Crippen molar-refractivity contribution in [1.29, 1.82) is 0 Å². The number of rotatable bonds is 4. The predicted molar refractivity (Wildman–Crippen MR) is 88.0 cm³/mol. The second-order valence-electron chi connectivity index (χ2n) is 5.36. The van der Waals surface area contributed by atoms with Crippen molar-refractivity contribution in [3.63, 3.8) is 0 Å². The van der Waals surface area contributed by atoms with Crippen LogP contribution in [-0.4, -0.2) is 24.9 Å². The summed E-state index contributed by atoms with van der Waals surface area (Å²) in [4.78, 5) is 14.4. The zero-order valence-corrected chi connectivity index (χ0v) is 13.2. The fraction of sp³-hybridized carbons (Fsp3) is 0.235. The van der Waals surface area contributed by atoms with Crippen molar-refractivity contribution in [1.82, 2.24) is 4.90 Å². The van der Waals surface area contributed by atoms with E-state index in [-0.39, 0.29) is 5.91 Å². The van der Waals surface area contributed by atoms with Crippen molar-refractivity contribution in [2.75, 3.05) is 19.4 Å². The number of carbonyl (C=O) groups is 1. The van der Waals surface area contributed by atoms with Crippen LogP contribution < -0.4 is 5.32 Å². The van der Waals surface area contributed by atoms with E-state index in [4.69, 9.17) is 11.6 Å². The Kier molecular flexibility index (Phi) is 4.99. The van der Waals surface area contributed by atoms with Gasteiger partial charge in [-0.15, -0.1) is 0 Å². The molecule has 0 aliphatic rings. The fourth-order valence-corrected chi connectivity index (χ4v) is 2.33. The molecule has 2 aromatic rings. The number of anilines is 1. The third kappa shape index (κ3) is 4.31. The Morgan fingerprint density at radius 1 is 1.19 bits per heavy atom. The maximum absolute atomic E-state index is 12.3. The number of hydrogen-bond acceptors (Lipinski definition) is 2. The van der Waals surface area contributed by atoms with Crippen LogP contribution in [0, 0.1) is 6.92 Å². The van der Waals surface area contributed by atoms with Crippen molar-refractivity contribution in [3.05, 3.63) is 64.2 Å². The highest BCUT2D eigenvalue weighted by molar-refractivity contribution is 6.31. The summed E-state index contributed by atoms with van der Waals surface area (Å²) < 4.78 is 0. The molecule has 0 fully saturated rings. The van der Waals surface area contributed by atoms with Crippen LogP contribution in [0.5, 0.6) is 0 Å². The summed E-state index contributed by atoms with van der Waals surface area (Å²) in [6.45, 7) is 2.81. The number of benzene rings is 2. The van der Waals surface area contributed by atoms with Gasteiger partial charge in [-0.2, -0.15) is 0 Å². The maximum atomic E-state index is 12.3. The highest BCUT2D eigenvalue weighted by Gasteiger charge is 2.10. The van der Waals surface area contributed by atoms with Crippen LogP contribution in [-0.2, 0) is 6.54 Å². The van der Waals surface area contributed by atoms with Crippen LogP contribution in [0.25, 0.3) is 0 Å². The summed E-state index contributed by atoms with van der Waals surface area (Å²) in [5.74, 6) is -0.152. The number of amides is 1. The van der Waals surface area contributed by atoms with E-state index in [2.05, 4.69) is 16.3 Å². The van der Waals surface area contributed by atoms with Crippen molar-refractivity contribution in [2.45, 2.75) is 13.5 Å². The minimum absolute atomic E-state index is 0.152. The van der Waals surface area contributed by atoms with Gasteiger partial charge in [-0.05, 0) is 50.8 Å². The smallest absolute Gasteiger partial charge is 0.255 e. The molecule has 0 aliphatic carbocycles. The van der Waals surface area contributed by atoms with Crippen LogP contribution in [0.15, 0.2) is 42.5 Å². The van der Waals surface area contributed by atoms with Gasteiger partial charge in [0.05, 0.1) is 0 Å². The van der Waals surface area contributed by atoms with E-state index in [1.165, 1.54) is 5.56 Å². The lowest BCUT2D eigenvalue weighted by molar-refractivity contribution is 0.102. The normalized spacial score (nSPS) is 10.7. The number of carbonyl (C=O) groups excluding carboxylic acids is 1. The summed E-state index contributed by atoms with van der Waals surface area (Å²) in [5.41, 5.74) is 3.65. The Balaban J connectivity index is 2.24. The first-order valence-electron chi connectivity index (χ1n) is 6.77. The summed E-state index contributed by atoms with van der Waals surface area (Å²) in [7, 11) is 4.01. The first-order valence-corrected chi connectivity index (χ1v) is 7.14. The first kappa shape index (κ1) is 15.5. The van der Waals surface area contributed by atoms with Gasteiger partial charge in [-0.1, -0.05) is 35.4 Å². The van der Waals surface area contributed by atoms with E-state index in [0.29, 0.717) is 10.6 Å². The Hall–Kier alpha value is -1.84. The number of hydrogen-bond donors (Lipinski definition) is 1. The lowest BCUT2D eigenvalue weighted by Crippen LogP contribution is -2.16. The molecule has 0 unspecified atom stereocenters. The van der Waals surface area contributed by atoms with Crippen molar-refractivity contribution in [3.8, 4) is 0 Å². The summed E-state index contributed by atoms with van der Waals surface area (Å²) >= 11 is 5.93. The van der Waals surface area contributed by atoms with Crippen LogP contribution in [0.2, 0.25) is 5.02 Å². The van der Waals surface area contributed by atoms with E-state index < -0.39 is 0 Å². The third-order valence-corrected chi connectivity index (χ3v) is 3.32. The lowest BCUT2D eigenvalue weighted by atomic mass is 10.1. The number of aryl methyl sites for hydroxylation is 1. The molecular weight excluding hydrogens is 284 g/mol. The molecule has 0 saturated heterocycles. The van der Waals surface area contributed by atoms with E-state index in [0.717, 1.165) is 17.8 Å². The van der Waals surface area contributed by atoms with Gasteiger partial charge in [-0.25, -0.2) is 0 Å². The fourth-order valence-electron chi connectivity index (χ4n) is 2.14. The van der Waals surface area contributed by atoms with E-state index in [9.17, 15) is 4.79 Å². The van der Waals surface area contributed by atoms with Gasteiger partial charge in [0.1, 0.15) is 0 Å². The maximum Gasteiger partial charge on any atom is 0.255 e. The predicted octanol–water partition coefficient (Wildman–Crippen LogP) is 3.96. The van der Waals surface area contributed by atoms with E-state index >= 15 is 0 Å². The highest BCUT2D eigenvalue weighted by Crippen LogP contribution is 2.20. The molecule has 0 aromatic heterocycles. The van der Waals surface area contributed by atoms with Crippen LogP contribution >= 0.6 is 11.6 Å². The standard InChI is InChI=1S/C17H19ClN2O/c1-12-7-8-16(14(9-12)11-20(2)3)19-17(21)13-5-4-6-15(18)10-13/h4-10H,11H2,1-3H3,(H,19,21). The molecule has 0 saturated carbocycles. The van der Waals surface area contributed by atoms with Gasteiger partial charge in [-0.3, -0.25) is 4.79 Å². The Morgan fingerprint density at radius 2 is 1.95 bits per heavy atom. The molecule has 2 aromatic carbocycles. The molecule has 2 rings (SSSR count). The quantitative estimate of drug-likeness (QED) is 0.927. The number of nitrogens with one attached hydrogen (secondary N) is 1. The van der Waals surface area contributed by atoms with Gasteiger partial charge in [0.15, 0.2) is 0 Å². The van der Waals surface area contributed by atoms with Gasteiger partial charge >= 0.3 is 0 Å². The topological polar surface area (TPSA) is 32.3 Å². The van der Waals surface area contributed by atoms with Crippen LogP contribution in [0.4, 0.5) is 5.69 Å². The molecule has 0 atom stereocenters. The minimum Gasteiger partial charge on any atom is -0.322 e. The highest BCUT2D eigenvalue weighted by atomic mass is 35.5. The molecule has 1 amide bonds. The average molecular weight is 303 g/mol. The largest absolute Gasteiger partial charge is 0.322 e. The van der Waals surface area contributed by atoms with Crippen LogP contribution in [0.3, 0.4) is 0 Å². The summed E-state index contributed by atoms with van der Waals surface area (Å²) in [6.07, 6.45) is 0. The second kappa shape index (κ2) is 6.74. The van der Waals surface area contributed by atoms with Gasteiger partial charge < -0.3 is 10.2 Å². The monoisotopic (exact) mass is 302 g/mol. The van der Waals surface area contributed by atoms with E-state index in [1.54, 1.807) is 24.3 Å². The molecule has 0 spiro atoms. The van der Waals surface area contributed by atoms with Gasteiger partial charge in [0.2, 0.25) is 0 Å². The summed E-state index contributed by atoms with van der Waals surface area (Å²) in [5, 5.41) is 3.52. The number of nitrogens with zero attached hydrogens (tertiary/aromatic N) is 1. The third-order valence-electron chi connectivity index (χ3n) is 3.08. The van der Waals surface area contributed by atoms with E-state index in [1.807, 2.05) is 33.2 Å². The van der Waals surface area contributed by atoms with Gasteiger partial charge in [0, 0.05) is 22.8 Å². The molecule has 110 valence electrons. The Morgan fingerprint density at radius 3 is 2.62 bits per heavy atom. The average Bonchev–Trinajstić information content (AvgIpc) is 2.41. The van der Waals surface area contributed by atoms with Crippen molar-refractivity contribution in [2.24, 2.45) is 0 Å². The number of halogens is 1. The van der Waals surface area contributed by atoms with Crippen molar-refractivity contribution < 1.29 is 4.79 Å². The molecule has 0 bridgehead atoms. The molecule has 4 heteroatoms. The molecule has 0 radical (unpaired) electrons. The molecular formula is C17H19ClN2O. The Bertz CT molecular complexity index is 653. The molecule has 3 nitrogen and oxygen atoms in total. The summed E-state index contributed by atoms with van der Waals surface area (Å²) in [6, 6.07) is 13.0. The molecule has 21 heavy (non-hydrogen) atoms. The molecule has 0 aliphatic heterocycles.